The standard InChI is InChI=1S/C26H28ClN3O4S/c1-4-18(2)28-26(32)21-13-8-9-15-23(21)29-25(31)17-30(24-16-10-14-22(27)19(24)3)35(33,34)20-11-6-5-7-12-20/h5-16,18H,4,17H2,1-3H3,(H,28,32)(H,29,31)/t18-/m0/s1. The number of sulfonamides is 1. The number of benzene rings is 3. The van der Waals surface area contributed by atoms with E-state index in [0.29, 0.717) is 16.3 Å². The zero-order valence-electron chi connectivity index (χ0n) is 19.8. The van der Waals surface area contributed by atoms with Crippen LogP contribution in [0.3, 0.4) is 0 Å². The Bertz CT molecular complexity index is 1310. The molecule has 0 aromatic heterocycles. The first-order valence-corrected chi connectivity index (χ1v) is 13.0. The zero-order chi connectivity index (χ0) is 25.6. The molecule has 0 aliphatic heterocycles. The summed E-state index contributed by atoms with van der Waals surface area (Å²) in [6.07, 6.45) is 0.756. The first kappa shape index (κ1) is 26.2. The number of nitrogens with one attached hydrogen (secondary N) is 2. The average Bonchev–Trinajstić information content (AvgIpc) is 2.85. The first-order valence-electron chi connectivity index (χ1n) is 11.2. The van der Waals surface area contributed by atoms with Gasteiger partial charge >= 0.3 is 0 Å². The van der Waals surface area contributed by atoms with Crippen LogP contribution in [0.4, 0.5) is 11.4 Å². The van der Waals surface area contributed by atoms with E-state index < -0.39 is 22.5 Å². The fraction of sp³-hybridized carbons (Fsp3) is 0.231. The second-order valence-corrected chi connectivity index (χ2v) is 10.4. The minimum atomic E-state index is -4.09. The predicted octanol–water partition coefficient (Wildman–Crippen LogP) is 5.01. The van der Waals surface area contributed by atoms with Crippen LogP contribution in [0.1, 0.15) is 36.2 Å². The highest BCUT2D eigenvalue weighted by molar-refractivity contribution is 7.92. The third-order valence-electron chi connectivity index (χ3n) is 5.56. The zero-order valence-corrected chi connectivity index (χ0v) is 21.4. The molecule has 0 heterocycles. The lowest BCUT2D eigenvalue weighted by atomic mass is 10.1. The summed E-state index contributed by atoms with van der Waals surface area (Å²) in [5, 5.41) is 5.95. The molecule has 3 aromatic carbocycles. The number of halogens is 1. The van der Waals surface area contributed by atoms with Crippen LogP contribution < -0.4 is 14.9 Å². The third-order valence-corrected chi connectivity index (χ3v) is 7.75. The van der Waals surface area contributed by atoms with Crippen LogP contribution >= 0.6 is 11.6 Å². The Balaban J connectivity index is 1.95. The Kier molecular flexibility index (Phi) is 8.53. The van der Waals surface area contributed by atoms with Gasteiger partial charge in [0.25, 0.3) is 15.9 Å². The van der Waals surface area contributed by atoms with Crippen LogP contribution in [0.15, 0.2) is 77.7 Å². The summed E-state index contributed by atoms with van der Waals surface area (Å²) in [7, 11) is -4.09. The maximum atomic E-state index is 13.6. The number of carbonyl (C=O) groups excluding carboxylic acids is 2. The van der Waals surface area contributed by atoms with E-state index in [1.807, 2.05) is 13.8 Å². The van der Waals surface area contributed by atoms with Gasteiger partial charge < -0.3 is 10.6 Å². The van der Waals surface area contributed by atoms with E-state index in [2.05, 4.69) is 10.6 Å². The van der Waals surface area contributed by atoms with E-state index >= 15 is 0 Å². The van der Waals surface area contributed by atoms with Gasteiger partial charge in [-0.3, -0.25) is 13.9 Å². The molecule has 7 nitrogen and oxygen atoms in total. The molecule has 2 N–H and O–H groups in total. The van der Waals surface area contributed by atoms with Crippen molar-refractivity contribution < 1.29 is 18.0 Å². The molecule has 3 aromatic rings. The van der Waals surface area contributed by atoms with Crippen LogP contribution in [-0.4, -0.2) is 32.8 Å². The Hall–Kier alpha value is -3.36. The van der Waals surface area contributed by atoms with Gasteiger partial charge in [0.15, 0.2) is 0 Å². The normalized spacial score (nSPS) is 12.0. The molecule has 2 amide bonds. The molecule has 0 unspecified atom stereocenters. The van der Waals surface area contributed by atoms with Gasteiger partial charge in [-0.1, -0.05) is 54.9 Å². The van der Waals surface area contributed by atoms with Gasteiger partial charge in [-0.2, -0.15) is 0 Å². The van der Waals surface area contributed by atoms with Crippen LogP contribution in [0.5, 0.6) is 0 Å². The molecule has 0 aliphatic carbocycles. The minimum absolute atomic E-state index is 0.0384. The second-order valence-electron chi connectivity index (χ2n) is 8.09. The third kappa shape index (κ3) is 6.21. The Morgan fingerprint density at radius 1 is 0.971 bits per heavy atom. The van der Waals surface area contributed by atoms with Crippen molar-refractivity contribution in [2.24, 2.45) is 0 Å². The van der Waals surface area contributed by atoms with Crippen molar-refractivity contribution in [2.75, 3.05) is 16.2 Å². The van der Waals surface area contributed by atoms with E-state index in [4.69, 9.17) is 11.6 Å². The molecule has 184 valence electrons. The molecule has 0 fully saturated rings. The van der Waals surface area contributed by atoms with E-state index in [1.165, 1.54) is 12.1 Å². The molecule has 0 bridgehead atoms. The molecule has 9 heteroatoms. The van der Waals surface area contributed by atoms with Gasteiger partial charge in [-0.25, -0.2) is 8.42 Å². The molecule has 0 aliphatic rings. The summed E-state index contributed by atoms with van der Waals surface area (Å²) in [6.45, 7) is 5.02. The van der Waals surface area contributed by atoms with Gasteiger partial charge in [0, 0.05) is 11.1 Å². The van der Waals surface area contributed by atoms with E-state index in [0.717, 1.165) is 10.7 Å². The number of carbonyl (C=O) groups is 2. The number of anilines is 2. The van der Waals surface area contributed by atoms with Gasteiger partial charge in [0.05, 0.1) is 21.8 Å². The van der Waals surface area contributed by atoms with Crippen molar-refractivity contribution in [2.45, 2.75) is 38.1 Å². The number of rotatable bonds is 9. The molecule has 0 saturated heterocycles. The molecule has 3 rings (SSSR count). The Morgan fingerprint density at radius 2 is 1.63 bits per heavy atom. The largest absolute Gasteiger partial charge is 0.350 e. The summed E-state index contributed by atoms with van der Waals surface area (Å²) in [6, 6.07) is 19.3. The number of amides is 2. The van der Waals surface area contributed by atoms with Crippen molar-refractivity contribution in [3.05, 3.63) is 88.9 Å². The van der Waals surface area contributed by atoms with Gasteiger partial charge in [-0.05, 0) is 62.2 Å². The van der Waals surface area contributed by atoms with Crippen molar-refractivity contribution in [3.63, 3.8) is 0 Å². The smallest absolute Gasteiger partial charge is 0.264 e. The lowest BCUT2D eigenvalue weighted by molar-refractivity contribution is -0.114. The summed E-state index contributed by atoms with van der Waals surface area (Å²) in [4.78, 5) is 25.9. The Morgan fingerprint density at radius 3 is 2.31 bits per heavy atom. The number of hydrogen-bond donors (Lipinski definition) is 2. The summed E-state index contributed by atoms with van der Waals surface area (Å²) in [5.74, 6) is -0.928. The van der Waals surface area contributed by atoms with Crippen LogP contribution in [0.25, 0.3) is 0 Å². The highest BCUT2D eigenvalue weighted by Crippen LogP contribution is 2.31. The quantitative estimate of drug-likeness (QED) is 0.420. The fourth-order valence-corrected chi connectivity index (χ4v) is 5.07. The van der Waals surface area contributed by atoms with Gasteiger partial charge in [0.1, 0.15) is 6.54 Å². The topological polar surface area (TPSA) is 95.6 Å². The second kappa shape index (κ2) is 11.4. The lowest BCUT2D eigenvalue weighted by Crippen LogP contribution is -2.39. The first-order chi connectivity index (χ1) is 16.6. The molecule has 0 spiro atoms. The maximum Gasteiger partial charge on any atom is 0.264 e. The molecule has 0 saturated carbocycles. The lowest BCUT2D eigenvalue weighted by Gasteiger charge is -2.26. The molecule has 0 radical (unpaired) electrons. The van der Waals surface area contributed by atoms with Crippen molar-refractivity contribution in [1.29, 1.82) is 0 Å². The average molecular weight is 514 g/mol. The van der Waals surface area contributed by atoms with E-state index in [9.17, 15) is 18.0 Å². The predicted molar refractivity (Wildman–Crippen MR) is 139 cm³/mol. The molecule has 1 atom stereocenters. The molecule has 35 heavy (non-hydrogen) atoms. The van der Waals surface area contributed by atoms with Gasteiger partial charge in [-0.15, -0.1) is 0 Å². The minimum Gasteiger partial charge on any atom is -0.350 e. The number of hydrogen-bond acceptors (Lipinski definition) is 4. The highest BCUT2D eigenvalue weighted by Gasteiger charge is 2.29. The maximum absolute atomic E-state index is 13.6. The SMILES string of the molecule is CC[C@H](C)NC(=O)c1ccccc1NC(=O)CN(c1cccc(Cl)c1C)S(=O)(=O)c1ccccc1. The fourth-order valence-electron chi connectivity index (χ4n) is 3.40. The summed E-state index contributed by atoms with van der Waals surface area (Å²) >= 11 is 6.26. The molecular formula is C26H28ClN3O4S. The van der Waals surface area contributed by atoms with Crippen molar-refractivity contribution in [3.8, 4) is 0 Å². The molecular weight excluding hydrogens is 486 g/mol. The van der Waals surface area contributed by atoms with Crippen LogP contribution in [0.2, 0.25) is 5.02 Å². The highest BCUT2D eigenvalue weighted by atomic mass is 35.5. The van der Waals surface area contributed by atoms with Crippen molar-refractivity contribution in [1.82, 2.24) is 5.32 Å². The number of nitrogens with zero attached hydrogens (tertiary/aromatic N) is 1. The van der Waals surface area contributed by atoms with Crippen LogP contribution in [0, 0.1) is 6.92 Å². The Labute approximate surface area is 211 Å². The number of para-hydroxylation sites is 1. The monoisotopic (exact) mass is 513 g/mol. The van der Waals surface area contributed by atoms with Crippen LogP contribution in [-0.2, 0) is 14.8 Å². The van der Waals surface area contributed by atoms with Crippen molar-refractivity contribution >= 4 is 44.8 Å². The van der Waals surface area contributed by atoms with Gasteiger partial charge in [0.2, 0.25) is 5.91 Å². The van der Waals surface area contributed by atoms with E-state index in [1.54, 1.807) is 67.6 Å². The van der Waals surface area contributed by atoms with E-state index in [-0.39, 0.29) is 28.1 Å². The summed E-state index contributed by atoms with van der Waals surface area (Å²) in [5.41, 5.74) is 1.39. The summed E-state index contributed by atoms with van der Waals surface area (Å²) < 4.78 is 28.1.